The second kappa shape index (κ2) is 17.8. The lowest BCUT2D eigenvalue weighted by molar-refractivity contribution is -0.138. The maximum atomic E-state index is 12.8. The number of benzene rings is 4. The van der Waals surface area contributed by atoms with Crippen molar-refractivity contribution in [3.8, 4) is 34.5 Å². The number of likely N-dealkylation sites (N-methyl/N-ethyl adjacent to an activating group) is 1. The van der Waals surface area contributed by atoms with Gasteiger partial charge in [0, 0.05) is 30.2 Å². The van der Waals surface area contributed by atoms with Gasteiger partial charge in [-0.15, -0.1) is 0 Å². The van der Waals surface area contributed by atoms with Crippen molar-refractivity contribution in [2.24, 2.45) is 0 Å². The number of carbonyl (C=O) groups excluding carboxylic acids is 2. The number of ether oxygens (including phenoxy) is 6. The maximum absolute atomic E-state index is 12.8. The van der Waals surface area contributed by atoms with Gasteiger partial charge in [-0.05, 0) is 84.6 Å². The molecule has 2 unspecified atom stereocenters. The minimum Gasteiger partial charge on any atom is -0.479 e. The molecule has 4 aromatic rings. The second-order valence-electron chi connectivity index (χ2n) is 11.5. The van der Waals surface area contributed by atoms with Crippen LogP contribution in [0.5, 0.6) is 34.5 Å². The summed E-state index contributed by atoms with van der Waals surface area (Å²) < 4.78 is 32.8. The first kappa shape index (κ1) is 38.0. The van der Waals surface area contributed by atoms with Crippen molar-refractivity contribution in [3.05, 3.63) is 104 Å². The number of hydrogen-bond acceptors (Lipinski definition) is 8. The molecule has 6 rings (SSSR count). The Bertz CT molecular complexity index is 1860. The average Bonchev–Trinajstić information content (AvgIpc) is 3.79. The Labute approximate surface area is 316 Å². The summed E-state index contributed by atoms with van der Waals surface area (Å²) in [5.41, 5.74) is 1.86. The van der Waals surface area contributed by atoms with Crippen LogP contribution in [0.4, 0.5) is 0 Å². The van der Waals surface area contributed by atoms with Crippen LogP contribution in [0.3, 0.4) is 0 Å². The molecular formula is C37H36Cl4N2O8. The third kappa shape index (κ3) is 10.2. The van der Waals surface area contributed by atoms with E-state index in [-0.39, 0.29) is 25.4 Å². The van der Waals surface area contributed by atoms with Crippen LogP contribution in [0, 0.1) is 0 Å². The monoisotopic (exact) mass is 776 g/mol. The van der Waals surface area contributed by atoms with Gasteiger partial charge in [-0.1, -0.05) is 72.4 Å². The molecule has 4 aromatic carbocycles. The van der Waals surface area contributed by atoms with Crippen molar-refractivity contribution in [1.29, 1.82) is 0 Å². The molecule has 1 N–H and O–H groups in total. The van der Waals surface area contributed by atoms with Gasteiger partial charge in [0.05, 0.1) is 10.0 Å². The molecule has 0 aliphatic carbocycles. The van der Waals surface area contributed by atoms with Crippen LogP contribution < -0.4 is 33.7 Å². The molecular weight excluding hydrogens is 742 g/mol. The molecule has 2 amide bonds. The molecule has 14 heteroatoms. The number of halogens is 4. The molecule has 2 aliphatic rings. The van der Waals surface area contributed by atoms with E-state index in [0.29, 0.717) is 74.8 Å². The summed E-state index contributed by atoms with van der Waals surface area (Å²) in [6.45, 7) is 5.00. The molecule has 10 nitrogen and oxygen atoms in total. The zero-order chi connectivity index (χ0) is 36.5. The van der Waals surface area contributed by atoms with Gasteiger partial charge >= 0.3 is 0 Å². The van der Waals surface area contributed by atoms with Crippen LogP contribution in [0.1, 0.15) is 37.8 Å². The Balaban J connectivity index is 0.000000198. The predicted octanol–water partition coefficient (Wildman–Crippen LogP) is 8.73. The first-order valence-electron chi connectivity index (χ1n) is 16.1. The lowest BCUT2D eigenvalue weighted by Crippen LogP contribution is -2.39. The summed E-state index contributed by atoms with van der Waals surface area (Å²) in [5.74, 6) is 3.32. The van der Waals surface area contributed by atoms with Crippen LogP contribution in [0.25, 0.3) is 0 Å². The van der Waals surface area contributed by atoms with Gasteiger partial charge in [-0.2, -0.15) is 0 Å². The van der Waals surface area contributed by atoms with E-state index in [1.165, 1.54) is 0 Å². The largest absolute Gasteiger partial charge is 0.479 e. The molecule has 2 atom stereocenters. The minimum atomic E-state index is -0.646. The van der Waals surface area contributed by atoms with Crippen molar-refractivity contribution in [2.45, 2.75) is 52.0 Å². The van der Waals surface area contributed by atoms with E-state index in [0.717, 1.165) is 16.9 Å². The molecule has 51 heavy (non-hydrogen) atoms. The summed E-state index contributed by atoms with van der Waals surface area (Å²) in [6, 6.07) is 21.0. The van der Waals surface area contributed by atoms with Crippen molar-refractivity contribution < 1.29 is 38.0 Å². The number of hydrogen-bond donors (Lipinski definition) is 1. The van der Waals surface area contributed by atoms with Gasteiger partial charge in [0.15, 0.2) is 35.2 Å². The first-order chi connectivity index (χ1) is 24.5. The molecule has 2 heterocycles. The van der Waals surface area contributed by atoms with E-state index in [2.05, 4.69) is 5.32 Å². The molecule has 0 radical (unpaired) electrons. The van der Waals surface area contributed by atoms with Crippen LogP contribution in [-0.2, 0) is 22.7 Å². The molecule has 270 valence electrons. The fourth-order valence-electron chi connectivity index (χ4n) is 5.07. The number of fused-ring (bicyclic) bond motifs is 2. The fourth-order valence-corrected chi connectivity index (χ4v) is 5.98. The van der Waals surface area contributed by atoms with E-state index in [1.54, 1.807) is 48.3 Å². The SMILES string of the molecule is CCC(Oc1ccc(Cl)cc1Cl)C(=O)N(C)Cc1ccc2c(c1)OCO2.CCC(Oc1ccc(Cl)cc1Cl)C(=O)NCc1ccc2c(c1)OCO2. The average molecular weight is 779 g/mol. The number of rotatable bonds is 12. The zero-order valence-corrected chi connectivity index (χ0v) is 31.1. The Hall–Kier alpha value is -4.22. The number of nitrogens with one attached hydrogen (secondary N) is 1. The lowest BCUT2D eigenvalue weighted by Gasteiger charge is -2.24. The standard InChI is InChI=1S/C19H19Cl2NO4.C18H17Cl2NO4/c1-3-15(26-16-7-5-13(20)9-14(16)21)19(23)22(2)10-12-4-6-17-18(8-12)25-11-24-17;1-2-14(25-15-6-4-12(19)8-13(15)20)18(22)21-9-11-3-5-16-17(7-11)24-10-23-16/h4-9,15H,3,10-11H2,1-2H3;3-8,14H,2,9-10H2,1H3,(H,21,22). The Morgan fingerprint density at radius 2 is 1.18 bits per heavy atom. The highest BCUT2D eigenvalue weighted by molar-refractivity contribution is 6.36. The summed E-state index contributed by atoms with van der Waals surface area (Å²) in [5, 5.41) is 4.64. The third-order valence-electron chi connectivity index (χ3n) is 7.77. The quantitative estimate of drug-likeness (QED) is 0.152. The number of nitrogens with zero attached hydrogens (tertiary/aromatic N) is 1. The van der Waals surface area contributed by atoms with Crippen LogP contribution in [0.15, 0.2) is 72.8 Å². The maximum Gasteiger partial charge on any atom is 0.263 e. The van der Waals surface area contributed by atoms with Crippen molar-refractivity contribution in [2.75, 3.05) is 20.6 Å². The Morgan fingerprint density at radius 3 is 1.71 bits per heavy atom. The van der Waals surface area contributed by atoms with Gasteiger partial charge in [-0.25, -0.2) is 0 Å². The number of carbonyl (C=O) groups is 2. The molecule has 0 spiro atoms. The zero-order valence-electron chi connectivity index (χ0n) is 28.1. The smallest absolute Gasteiger partial charge is 0.263 e. The van der Waals surface area contributed by atoms with Crippen LogP contribution in [-0.4, -0.2) is 49.6 Å². The highest BCUT2D eigenvalue weighted by Crippen LogP contribution is 2.34. The normalized spacial score (nSPS) is 13.4. The fraction of sp³-hybridized carbons (Fsp3) is 0.297. The van der Waals surface area contributed by atoms with Crippen LogP contribution in [0.2, 0.25) is 20.1 Å². The molecule has 2 aliphatic heterocycles. The predicted molar refractivity (Wildman–Crippen MR) is 196 cm³/mol. The van der Waals surface area contributed by atoms with Gasteiger partial charge in [0.25, 0.3) is 11.8 Å². The molecule has 0 fully saturated rings. The van der Waals surface area contributed by atoms with E-state index in [1.807, 2.05) is 50.2 Å². The van der Waals surface area contributed by atoms with Gasteiger partial charge in [0.2, 0.25) is 13.6 Å². The third-order valence-corrected chi connectivity index (χ3v) is 8.83. The number of amides is 2. The Morgan fingerprint density at radius 1 is 0.686 bits per heavy atom. The summed E-state index contributed by atoms with van der Waals surface area (Å²) in [4.78, 5) is 26.8. The summed E-state index contributed by atoms with van der Waals surface area (Å²) in [6.07, 6.45) is -0.254. The highest BCUT2D eigenvalue weighted by atomic mass is 35.5. The van der Waals surface area contributed by atoms with E-state index in [9.17, 15) is 9.59 Å². The molecule has 0 saturated carbocycles. The Kier molecular flexibility index (Phi) is 13.3. The van der Waals surface area contributed by atoms with E-state index in [4.69, 9.17) is 74.8 Å². The van der Waals surface area contributed by atoms with E-state index < -0.39 is 12.2 Å². The summed E-state index contributed by atoms with van der Waals surface area (Å²) >= 11 is 24.0. The molecule has 0 saturated heterocycles. The highest BCUT2D eigenvalue weighted by Gasteiger charge is 2.24. The van der Waals surface area contributed by atoms with Gasteiger partial charge in [0.1, 0.15) is 11.5 Å². The second-order valence-corrected chi connectivity index (χ2v) is 13.2. The molecule has 0 aromatic heterocycles. The van der Waals surface area contributed by atoms with Gasteiger partial charge < -0.3 is 38.6 Å². The molecule has 0 bridgehead atoms. The summed E-state index contributed by atoms with van der Waals surface area (Å²) in [7, 11) is 1.74. The topological polar surface area (TPSA) is 105 Å². The lowest BCUT2D eigenvalue weighted by atomic mass is 10.1. The first-order valence-corrected chi connectivity index (χ1v) is 17.6. The van der Waals surface area contributed by atoms with Crippen molar-refractivity contribution in [3.63, 3.8) is 0 Å². The van der Waals surface area contributed by atoms with Crippen LogP contribution >= 0.6 is 46.4 Å². The van der Waals surface area contributed by atoms with Crippen molar-refractivity contribution >= 4 is 58.2 Å². The minimum absolute atomic E-state index is 0.129. The van der Waals surface area contributed by atoms with Gasteiger partial charge in [-0.3, -0.25) is 9.59 Å². The van der Waals surface area contributed by atoms with E-state index >= 15 is 0 Å². The van der Waals surface area contributed by atoms with Crippen molar-refractivity contribution in [1.82, 2.24) is 10.2 Å².